The van der Waals surface area contributed by atoms with Crippen molar-refractivity contribution < 1.29 is 14.6 Å². The molecule has 1 aromatic rings. The maximum absolute atomic E-state index is 11.0. The molecule has 1 N–H and O–H groups in total. The summed E-state index contributed by atoms with van der Waals surface area (Å²) in [4.78, 5) is 13.0. The summed E-state index contributed by atoms with van der Waals surface area (Å²) >= 11 is 3.44. The first kappa shape index (κ1) is 16.1. The summed E-state index contributed by atoms with van der Waals surface area (Å²) in [5.74, 6) is -0.382. The molecule has 0 bridgehead atoms. The Hall–Kier alpha value is -0.910. The predicted molar refractivity (Wildman–Crippen MR) is 78.0 cm³/mol. The Labute approximate surface area is 122 Å². The maximum Gasteiger partial charge on any atom is 0.308 e. The minimum atomic E-state index is -0.681. The molecule has 0 amide bonds. The fraction of sp³-hybridized carbons (Fsp3) is 0.500. The highest BCUT2D eigenvalue weighted by molar-refractivity contribution is 9.10. The highest BCUT2D eigenvalue weighted by atomic mass is 79.9. The van der Waals surface area contributed by atoms with Gasteiger partial charge in [-0.1, -0.05) is 28.1 Å². The summed E-state index contributed by atoms with van der Waals surface area (Å²) in [7, 11) is 3.25. The number of hydrogen-bond acceptors (Lipinski definition) is 4. The number of aliphatic hydroxyl groups excluding tert-OH is 1. The smallest absolute Gasteiger partial charge is 0.308 e. The number of rotatable bonds is 7. The van der Waals surface area contributed by atoms with Crippen molar-refractivity contribution in [2.45, 2.75) is 18.9 Å². The Kier molecular flexibility index (Phi) is 7.05. The normalized spacial score (nSPS) is 12.5. The molecule has 5 heteroatoms. The first-order chi connectivity index (χ1) is 9.01. The van der Waals surface area contributed by atoms with Crippen LogP contribution >= 0.6 is 15.9 Å². The molecule has 0 spiro atoms. The van der Waals surface area contributed by atoms with E-state index in [1.807, 2.05) is 24.1 Å². The second kappa shape index (κ2) is 8.30. The van der Waals surface area contributed by atoms with Crippen LogP contribution in [0.25, 0.3) is 0 Å². The van der Waals surface area contributed by atoms with E-state index >= 15 is 0 Å². The van der Waals surface area contributed by atoms with Gasteiger partial charge in [0.15, 0.2) is 0 Å². The van der Waals surface area contributed by atoms with E-state index < -0.39 is 6.10 Å². The first-order valence-electron chi connectivity index (χ1n) is 6.19. The number of carbonyl (C=O) groups excluding carboxylic acids is 1. The van der Waals surface area contributed by atoms with Crippen LogP contribution in [0.3, 0.4) is 0 Å². The third-order valence-corrected chi connectivity index (χ3v) is 3.32. The first-order valence-corrected chi connectivity index (χ1v) is 6.98. The minimum absolute atomic E-state index is 0.0394. The van der Waals surface area contributed by atoms with Crippen molar-refractivity contribution in [3.63, 3.8) is 0 Å². The van der Waals surface area contributed by atoms with Crippen LogP contribution in [0, 0.1) is 0 Å². The zero-order valence-electron chi connectivity index (χ0n) is 11.3. The highest BCUT2D eigenvalue weighted by Crippen LogP contribution is 2.12. The lowest BCUT2D eigenvalue weighted by atomic mass is 10.1. The van der Waals surface area contributed by atoms with Gasteiger partial charge in [0.05, 0.1) is 19.6 Å². The van der Waals surface area contributed by atoms with Gasteiger partial charge in [0.25, 0.3) is 0 Å². The van der Waals surface area contributed by atoms with Crippen LogP contribution < -0.4 is 0 Å². The fourth-order valence-electron chi connectivity index (χ4n) is 1.80. The summed E-state index contributed by atoms with van der Waals surface area (Å²) in [5.41, 5.74) is 1.24. The predicted octanol–water partition coefficient (Wildman–Crippen LogP) is 1.85. The van der Waals surface area contributed by atoms with E-state index in [-0.39, 0.29) is 12.4 Å². The minimum Gasteiger partial charge on any atom is -0.469 e. The molecule has 4 nitrogen and oxygen atoms in total. The van der Waals surface area contributed by atoms with Gasteiger partial charge in [0.2, 0.25) is 0 Å². The molecule has 0 saturated carbocycles. The number of carbonyl (C=O) groups is 1. The molecule has 0 heterocycles. The molecule has 0 aromatic heterocycles. The van der Waals surface area contributed by atoms with Crippen LogP contribution in [-0.2, 0) is 16.0 Å². The van der Waals surface area contributed by atoms with Gasteiger partial charge in [-0.2, -0.15) is 0 Å². The summed E-state index contributed by atoms with van der Waals surface area (Å²) < 4.78 is 5.59. The molecule has 0 aliphatic rings. The monoisotopic (exact) mass is 329 g/mol. The largest absolute Gasteiger partial charge is 0.469 e. The molecule has 19 heavy (non-hydrogen) atoms. The van der Waals surface area contributed by atoms with Crippen LogP contribution in [0.4, 0.5) is 0 Å². The molecule has 106 valence electrons. The SMILES string of the molecule is COC(=O)CC(O)CN(C)CCc1cccc(Br)c1. The second-order valence-corrected chi connectivity index (χ2v) is 5.49. The molecule has 0 saturated heterocycles. The molecule has 1 atom stereocenters. The van der Waals surface area contributed by atoms with Crippen molar-refractivity contribution >= 4 is 21.9 Å². The van der Waals surface area contributed by atoms with E-state index in [0.717, 1.165) is 17.4 Å². The van der Waals surface area contributed by atoms with Crippen molar-refractivity contribution in [2.24, 2.45) is 0 Å². The van der Waals surface area contributed by atoms with Crippen LogP contribution in [0.15, 0.2) is 28.7 Å². The van der Waals surface area contributed by atoms with E-state index in [4.69, 9.17) is 0 Å². The number of benzene rings is 1. The van der Waals surface area contributed by atoms with Gasteiger partial charge in [-0.15, -0.1) is 0 Å². The van der Waals surface area contributed by atoms with Crippen LogP contribution in [0.2, 0.25) is 0 Å². The Bertz CT molecular complexity index is 411. The number of nitrogens with zero attached hydrogens (tertiary/aromatic N) is 1. The van der Waals surface area contributed by atoms with Gasteiger partial charge >= 0.3 is 5.97 Å². The fourth-order valence-corrected chi connectivity index (χ4v) is 2.25. The van der Waals surface area contributed by atoms with Crippen molar-refractivity contribution in [3.05, 3.63) is 34.3 Å². The molecule has 1 rings (SSSR count). The van der Waals surface area contributed by atoms with Crippen molar-refractivity contribution in [3.8, 4) is 0 Å². The lowest BCUT2D eigenvalue weighted by molar-refractivity contribution is -0.143. The summed E-state index contributed by atoms with van der Waals surface area (Å²) in [6, 6.07) is 8.15. The lowest BCUT2D eigenvalue weighted by Gasteiger charge is -2.19. The Morgan fingerprint density at radius 1 is 1.53 bits per heavy atom. The van der Waals surface area contributed by atoms with Crippen molar-refractivity contribution in [1.29, 1.82) is 0 Å². The average molecular weight is 330 g/mol. The topological polar surface area (TPSA) is 49.8 Å². The summed E-state index contributed by atoms with van der Waals surface area (Å²) in [6.45, 7) is 1.29. The van der Waals surface area contributed by atoms with E-state index in [2.05, 4.69) is 32.8 Å². The second-order valence-electron chi connectivity index (χ2n) is 4.58. The van der Waals surface area contributed by atoms with Crippen molar-refractivity contribution in [1.82, 2.24) is 4.90 Å². The van der Waals surface area contributed by atoms with E-state index in [0.29, 0.717) is 6.54 Å². The van der Waals surface area contributed by atoms with Crippen molar-refractivity contribution in [2.75, 3.05) is 27.2 Å². The Morgan fingerprint density at radius 3 is 2.89 bits per heavy atom. The number of halogens is 1. The number of aliphatic hydroxyl groups is 1. The van der Waals surface area contributed by atoms with Crippen LogP contribution in [0.5, 0.6) is 0 Å². The molecule has 1 aromatic carbocycles. The van der Waals surface area contributed by atoms with E-state index in [1.54, 1.807) is 0 Å². The van der Waals surface area contributed by atoms with Gasteiger partial charge in [0.1, 0.15) is 0 Å². The summed E-state index contributed by atoms with van der Waals surface area (Å²) in [5, 5.41) is 9.71. The van der Waals surface area contributed by atoms with E-state index in [9.17, 15) is 9.90 Å². The van der Waals surface area contributed by atoms with Gasteiger partial charge in [-0.25, -0.2) is 0 Å². The van der Waals surface area contributed by atoms with Gasteiger partial charge in [0, 0.05) is 17.6 Å². The van der Waals surface area contributed by atoms with Gasteiger partial charge < -0.3 is 14.7 Å². The Balaban J connectivity index is 2.31. The van der Waals surface area contributed by atoms with Gasteiger partial charge in [-0.3, -0.25) is 4.79 Å². The maximum atomic E-state index is 11.0. The number of ether oxygens (including phenoxy) is 1. The van der Waals surface area contributed by atoms with Crippen LogP contribution in [0.1, 0.15) is 12.0 Å². The number of hydrogen-bond donors (Lipinski definition) is 1. The lowest BCUT2D eigenvalue weighted by Crippen LogP contribution is -2.32. The Morgan fingerprint density at radius 2 is 2.26 bits per heavy atom. The highest BCUT2D eigenvalue weighted by Gasteiger charge is 2.13. The zero-order chi connectivity index (χ0) is 14.3. The zero-order valence-corrected chi connectivity index (χ0v) is 12.9. The van der Waals surface area contributed by atoms with Crippen LogP contribution in [-0.4, -0.2) is 49.3 Å². The molecule has 0 fully saturated rings. The van der Waals surface area contributed by atoms with E-state index in [1.165, 1.54) is 12.7 Å². The third kappa shape index (κ3) is 6.71. The molecule has 0 radical (unpaired) electrons. The molecular weight excluding hydrogens is 310 g/mol. The van der Waals surface area contributed by atoms with Gasteiger partial charge in [-0.05, 0) is 31.2 Å². The average Bonchev–Trinajstić information content (AvgIpc) is 2.36. The number of likely N-dealkylation sites (N-methyl/N-ethyl adjacent to an activating group) is 1. The molecule has 1 unspecified atom stereocenters. The third-order valence-electron chi connectivity index (χ3n) is 2.82. The quantitative estimate of drug-likeness (QED) is 0.775. The number of methoxy groups -OCH3 is 1. The number of esters is 1. The summed E-state index contributed by atoms with van der Waals surface area (Å²) in [6.07, 6.45) is 0.262. The molecule has 0 aliphatic heterocycles. The molecule has 0 aliphatic carbocycles. The standard InChI is InChI=1S/C14H20BrNO3/c1-16(10-13(17)9-14(18)19-2)7-6-11-4-3-5-12(15)8-11/h3-5,8,13,17H,6-7,9-10H2,1-2H3. The molecular formula is C14H20BrNO3.